The molecule has 110 valence electrons. The van der Waals surface area contributed by atoms with Crippen LogP contribution in [0.25, 0.3) is 5.69 Å². The minimum absolute atomic E-state index is 0.151. The zero-order valence-electron chi connectivity index (χ0n) is 11.9. The van der Waals surface area contributed by atoms with E-state index >= 15 is 0 Å². The van der Waals surface area contributed by atoms with Crippen LogP contribution in [0.1, 0.15) is 16.1 Å². The highest BCUT2D eigenvalue weighted by Gasteiger charge is 2.15. The van der Waals surface area contributed by atoms with Crippen molar-refractivity contribution in [3.8, 4) is 11.6 Å². The first-order valence-corrected chi connectivity index (χ1v) is 6.73. The summed E-state index contributed by atoms with van der Waals surface area (Å²) in [6.45, 7) is 1.80. The first kappa shape index (κ1) is 14.0. The molecule has 0 fully saturated rings. The quantitative estimate of drug-likeness (QED) is 0.694. The van der Waals surface area contributed by atoms with Gasteiger partial charge >= 0.3 is 5.97 Å². The van der Waals surface area contributed by atoms with Crippen LogP contribution in [-0.2, 0) is 0 Å². The van der Waals surface area contributed by atoms with Crippen molar-refractivity contribution in [2.24, 2.45) is 0 Å². The molecule has 0 aliphatic carbocycles. The number of ether oxygens (including phenoxy) is 1. The molecule has 0 N–H and O–H groups in total. The number of carbonyl (C=O) groups is 1. The molecule has 0 aliphatic rings. The van der Waals surface area contributed by atoms with Gasteiger partial charge in [0.1, 0.15) is 5.82 Å². The molecule has 0 unspecified atom stereocenters. The monoisotopic (exact) mass is 296 g/mol. The van der Waals surface area contributed by atoms with E-state index in [2.05, 4.69) is 5.10 Å². The van der Waals surface area contributed by atoms with Gasteiger partial charge in [-0.05, 0) is 37.3 Å². The Kier molecular flexibility index (Phi) is 3.70. The van der Waals surface area contributed by atoms with E-state index in [1.807, 2.05) is 30.3 Å². The van der Waals surface area contributed by atoms with E-state index < -0.39 is 11.8 Å². The van der Waals surface area contributed by atoms with Gasteiger partial charge in [-0.2, -0.15) is 5.10 Å². The van der Waals surface area contributed by atoms with Gasteiger partial charge in [0.05, 0.1) is 16.9 Å². The van der Waals surface area contributed by atoms with Crippen molar-refractivity contribution in [3.05, 3.63) is 77.7 Å². The zero-order valence-corrected chi connectivity index (χ0v) is 11.9. The van der Waals surface area contributed by atoms with E-state index in [-0.39, 0.29) is 11.4 Å². The molecule has 0 spiro atoms. The molecule has 22 heavy (non-hydrogen) atoms. The van der Waals surface area contributed by atoms with Crippen molar-refractivity contribution >= 4 is 5.97 Å². The Morgan fingerprint density at radius 3 is 2.59 bits per heavy atom. The molecule has 1 aromatic heterocycles. The van der Waals surface area contributed by atoms with Gasteiger partial charge in [-0.1, -0.05) is 24.3 Å². The molecule has 4 nitrogen and oxygen atoms in total. The van der Waals surface area contributed by atoms with Crippen LogP contribution in [-0.4, -0.2) is 15.7 Å². The number of carbonyl (C=O) groups excluding carboxylic acids is 1. The number of halogens is 1. The first-order valence-electron chi connectivity index (χ1n) is 6.73. The molecule has 2 aromatic carbocycles. The number of hydrogen-bond donors (Lipinski definition) is 0. The summed E-state index contributed by atoms with van der Waals surface area (Å²) in [4.78, 5) is 12.1. The average Bonchev–Trinajstić information content (AvgIpc) is 2.88. The summed E-state index contributed by atoms with van der Waals surface area (Å²) in [6, 6.07) is 16.4. The van der Waals surface area contributed by atoms with Gasteiger partial charge in [-0.25, -0.2) is 13.9 Å². The van der Waals surface area contributed by atoms with Crippen LogP contribution in [0.5, 0.6) is 5.88 Å². The number of benzene rings is 2. The Morgan fingerprint density at radius 2 is 1.86 bits per heavy atom. The highest BCUT2D eigenvalue weighted by atomic mass is 19.1. The van der Waals surface area contributed by atoms with Crippen LogP contribution in [0.3, 0.4) is 0 Å². The second-order valence-corrected chi connectivity index (χ2v) is 4.77. The minimum atomic E-state index is -0.628. The van der Waals surface area contributed by atoms with Crippen LogP contribution in [0.4, 0.5) is 4.39 Å². The first-order chi connectivity index (χ1) is 10.6. The topological polar surface area (TPSA) is 44.1 Å². The third-order valence-electron chi connectivity index (χ3n) is 3.06. The molecule has 5 heteroatoms. The molecular weight excluding hydrogens is 283 g/mol. The molecule has 0 saturated carbocycles. The predicted octanol–water partition coefficient (Wildman–Crippen LogP) is 3.54. The van der Waals surface area contributed by atoms with Crippen LogP contribution in [0.2, 0.25) is 0 Å². The van der Waals surface area contributed by atoms with Crippen molar-refractivity contribution in [2.45, 2.75) is 6.92 Å². The summed E-state index contributed by atoms with van der Waals surface area (Å²) < 4.78 is 20.1. The van der Waals surface area contributed by atoms with Crippen molar-refractivity contribution in [1.29, 1.82) is 0 Å². The maximum absolute atomic E-state index is 13.2. The number of nitrogens with zero attached hydrogens (tertiary/aromatic N) is 2. The number of hydrogen-bond acceptors (Lipinski definition) is 3. The minimum Gasteiger partial charge on any atom is -0.404 e. The molecule has 0 aliphatic heterocycles. The molecule has 3 rings (SSSR count). The van der Waals surface area contributed by atoms with Crippen LogP contribution in [0, 0.1) is 12.7 Å². The molecule has 0 amide bonds. The third-order valence-corrected chi connectivity index (χ3v) is 3.06. The van der Waals surface area contributed by atoms with Gasteiger partial charge in [0.25, 0.3) is 0 Å². The van der Waals surface area contributed by atoms with Crippen molar-refractivity contribution in [2.75, 3.05) is 0 Å². The van der Waals surface area contributed by atoms with Crippen molar-refractivity contribution in [1.82, 2.24) is 9.78 Å². The maximum atomic E-state index is 13.2. The zero-order chi connectivity index (χ0) is 15.5. The lowest BCUT2D eigenvalue weighted by Gasteiger charge is -2.07. The van der Waals surface area contributed by atoms with Crippen molar-refractivity contribution < 1.29 is 13.9 Å². The summed E-state index contributed by atoms with van der Waals surface area (Å²) >= 11 is 0. The summed E-state index contributed by atoms with van der Waals surface area (Å²) in [5.74, 6) is -0.822. The fraction of sp³-hybridized carbons (Fsp3) is 0.0588. The Hall–Kier alpha value is -2.95. The summed E-state index contributed by atoms with van der Waals surface area (Å²) in [6.07, 6.45) is 0. The highest BCUT2D eigenvalue weighted by molar-refractivity contribution is 5.90. The fourth-order valence-electron chi connectivity index (χ4n) is 2.07. The van der Waals surface area contributed by atoms with E-state index in [1.54, 1.807) is 13.0 Å². The predicted molar refractivity (Wildman–Crippen MR) is 79.7 cm³/mol. The van der Waals surface area contributed by atoms with E-state index in [9.17, 15) is 9.18 Å². The van der Waals surface area contributed by atoms with E-state index in [0.717, 1.165) is 11.8 Å². The standard InChI is InChI=1S/C17H13FN2O2/c1-12-10-16(20(19-12)15-8-3-2-4-9-15)22-17(21)13-6-5-7-14(18)11-13/h2-11H,1H3. The van der Waals surface area contributed by atoms with Gasteiger partial charge in [-0.15, -0.1) is 0 Å². The fourth-order valence-corrected chi connectivity index (χ4v) is 2.07. The summed E-state index contributed by atoms with van der Waals surface area (Å²) in [7, 11) is 0. The Morgan fingerprint density at radius 1 is 1.09 bits per heavy atom. The van der Waals surface area contributed by atoms with E-state index in [1.165, 1.54) is 22.9 Å². The lowest BCUT2D eigenvalue weighted by Crippen LogP contribution is -2.12. The molecule has 0 atom stereocenters. The number of esters is 1. The van der Waals surface area contributed by atoms with E-state index in [0.29, 0.717) is 5.69 Å². The number of aryl methyl sites for hydroxylation is 1. The SMILES string of the molecule is Cc1cc(OC(=O)c2cccc(F)c2)n(-c2ccccc2)n1. The Labute approximate surface area is 126 Å². The highest BCUT2D eigenvalue weighted by Crippen LogP contribution is 2.20. The summed E-state index contributed by atoms with van der Waals surface area (Å²) in [5, 5.41) is 4.31. The molecule has 0 radical (unpaired) electrons. The number of aromatic nitrogens is 2. The van der Waals surface area contributed by atoms with Crippen LogP contribution >= 0.6 is 0 Å². The van der Waals surface area contributed by atoms with Crippen LogP contribution in [0.15, 0.2) is 60.7 Å². The Balaban J connectivity index is 1.92. The summed E-state index contributed by atoms with van der Waals surface area (Å²) in [5.41, 5.74) is 1.64. The largest absolute Gasteiger partial charge is 0.404 e. The second-order valence-electron chi connectivity index (χ2n) is 4.77. The van der Waals surface area contributed by atoms with Gasteiger partial charge in [-0.3, -0.25) is 0 Å². The average molecular weight is 296 g/mol. The number of para-hydroxylation sites is 1. The van der Waals surface area contributed by atoms with Gasteiger partial charge in [0.2, 0.25) is 5.88 Å². The van der Waals surface area contributed by atoms with Gasteiger partial charge in [0.15, 0.2) is 0 Å². The molecule has 3 aromatic rings. The van der Waals surface area contributed by atoms with Crippen LogP contribution < -0.4 is 4.74 Å². The molecule has 1 heterocycles. The number of rotatable bonds is 3. The third kappa shape index (κ3) is 2.88. The smallest absolute Gasteiger partial charge is 0.344 e. The molecule has 0 saturated heterocycles. The normalized spacial score (nSPS) is 10.5. The van der Waals surface area contributed by atoms with Gasteiger partial charge < -0.3 is 4.74 Å². The van der Waals surface area contributed by atoms with Gasteiger partial charge in [0, 0.05) is 6.07 Å². The lowest BCUT2D eigenvalue weighted by molar-refractivity contribution is 0.0722. The maximum Gasteiger partial charge on any atom is 0.344 e. The molecular formula is C17H13FN2O2. The Bertz CT molecular complexity index is 813. The molecule has 0 bridgehead atoms. The lowest BCUT2D eigenvalue weighted by atomic mass is 10.2. The van der Waals surface area contributed by atoms with E-state index in [4.69, 9.17) is 4.74 Å². The second kappa shape index (κ2) is 5.81. The van der Waals surface area contributed by atoms with Crippen molar-refractivity contribution in [3.63, 3.8) is 0 Å².